The molecule has 0 aliphatic heterocycles. The summed E-state index contributed by atoms with van der Waals surface area (Å²) in [6.45, 7) is 1.82. The van der Waals surface area contributed by atoms with E-state index >= 15 is 0 Å². The Bertz CT molecular complexity index is 354. The number of aromatic nitrogens is 2. The van der Waals surface area contributed by atoms with Crippen molar-refractivity contribution in [3.8, 4) is 0 Å². The Morgan fingerprint density at radius 3 is 2.73 bits per heavy atom. The molecule has 1 N–H and O–H groups in total. The van der Waals surface area contributed by atoms with Crippen LogP contribution < -0.4 is 5.32 Å². The fraction of sp³-hybridized carbons (Fsp3) is 0.818. The molecule has 0 amide bonds. The minimum absolute atomic E-state index is 0.570. The maximum atomic E-state index is 5.33. The third-order valence-corrected chi connectivity index (χ3v) is 3.86. The Morgan fingerprint density at radius 1 is 1.27 bits per heavy atom. The van der Waals surface area contributed by atoms with Gasteiger partial charge in [0.1, 0.15) is 0 Å². The smallest absolute Gasteiger partial charge is 0.315 e. The summed E-state index contributed by atoms with van der Waals surface area (Å²) < 4.78 is 5.33. The molecule has 1 unspecified atom stereocenters. The second kappa shape index (κ2) is 3.22. The lowest BCUT2D eigenvalue weighted by molar-refractivity contribution is 0.329. The first kappa shape index (κ1) is 9.19. The summed E-state index contributed by atoms with van der Waals surface area (Å²) in [5.74, 6) is 0.635. The summed E-state index contributed by atoms with van der Waals surface area (Å²) in [6, 6.07) is 1.18. The second-order valence-electron chi connectivity index (χ2n) is 4.95. The fourth-order valence-electron chi connectivity index (χ4n) is 2.86. The lowest BCUT2D eigenvalue weighted by atomic mass is 9.86. The van der Waals surface area contributed by atoms with Gasteiger partial charge in [0.05, 0.1) is 0 Å². The molecule has 0 bridgehead atoms. The summed E-state index contributed by atoms with van der Waals surface area (Å²) in [5.41, 5.74) is 0.570. The monoisotopic (exact) mass is 207 g/mol. The molecule has 0 aromatic carbocycles. The first-order valence-corrected chi connectivity index (χ1v) is 5.85. The van der Waals surface area contributed by atoms with E-state index in [1.165, 1.54) is 38.5 Å². The van der Waals surface area contributed by atoms with Crippen LogP contribution in [0.5, 0.6) is 0 Å². The molecule has 0 saturated heterocycles. The molecule has 2 aliphatic carbocycles. The zero-order valence-electron chi connectivity index (χ0n) is 9.12. The quantitative estimate of drug-likeness (QED) is 0.809. The molecule has 0 radical (unpaired) electrons. The highest BCUT2D eigenvalue weighted by atomic mass is 16.4. The van der Waals surface area contributed by atoms with Gasteiger partial charge >= 0.3 is 6.01 Å². The molecule has 1 heterocycles. The molecule has 3 rings (SSSR count). The van der Waals surface area contributed by atoms with Crippen LogP contribution in [0, 0.1) is 12.3 Å². The third-order valence-electron chi connectivity index (χ3n) is 3.86. The first-order valence-electron chi connectivity index (χ1n) is 5.85. The highest BCUT2D eigenvalue weighted by Gasteiger charge is 2.54. The van der Waals surface area contributed by atoms with Gasteiger partial charge in [-0.3, -0.25) is 0 Å². The largest absolute Gasteiger partial charge is 0.408 e. The summed E-state index contributed by atoms with van der Waals surface area (Å²) in [5, 5.41) is 11.2. The van der Waals surface area contributed by atoms with Crippen molar-refractivity contribution in [2.45, 2.75) is 51.5 Å². The number of hydrogen-bond donors (Lipinski definition) is 1. The Labute approximate surface area is 89.5 Å². The van der Waals surface area contributed by atoms with Gasteiger partial charge in [0.25, 0.3) is 0 Å². The van der Waals surface area contributed by atoms with Crippen molar-refractivity contribution in [2.24, 2.45) is 5.41 Å². The standard InChI is InChI=1S/C11H17N3O/c1-8-13-14-10(15-8)12-9-7-11(9)5-3-2-4-6-11/h9H,2-7H2,1H3,(H,12,14). The Balaban J connectivity index is 1.62. The molecule has 4 heteroatoms. The highest BCUT2D eigenvalue weighted by Crippen LogP contribution is 2.57. The van der Waals surface area contributed by atoms with Crippen molar-refractivity contribution in [1.82, 2.24) is 10.2 Å². The lowest BCUT2D eigenvalue weighted by Gasteiger charge is -2.22. The fourth-order valence-corrected chi connectivity index (χ4v) is 2.86. The van der Waals surface area contributed by atoms with Crippen LogP contribution in [0.25, 0.3) is 0 Å². The van der Waals surface area contributed by atoms with Gasteiger partial charge in [-0.1, -0.05) is 24.4 Å². The van der Waals surface area contributed by atoms with E-state index in [1.807, 2.05) is 6.92 Å². The molecule has 4 nitrogen and oxygen atoms in total. The van der Waals surface area contributed by atoms with Gasteiger partial charge in [-0.05, 0) is 24.7 Å². The molecule has 1 atom stereocenters. The maximum Gasteiger partial charge on any atom is 0.315 e. The molecule has 15 heavy (non-hydrogen) atoms. The van der Waals surface area contributed by atoms with E-state index in [1.54, 1.807) is 0 Å². The summed E-state index contributed by atoms with van der Waals surface area (Å²) >= 11 is 0. The van der Waals surface area contributed by atoms with E-state index in [0.717, 1.165) is 0 Å². The van der Waals surface area contributed by atoms with E-state index in [9.17, 15) is 0 Å². The number of anilines is 1. The normalized spacial score (nSPS) is 27.9. The van der Waals surface area contributed by atoms with Gasteiger partial charge in [-0.25, -0.2) is 0 Å². The van der Waals surface area contributed by atoms with Crippen LogP contribution in [0.1, 0.15) is 44.4 Å². The van der Waals surface area contributed by atoms with Crippen molar-refractivity contribution in [2.75, 3.05) is 5.32 Å². The molecule has 2 fully saturated rings. The van der Waals surface area contributed by atoms with Crippen LogP contribution >= 0.6 is 0 Å². The van der Waals surface area contributed by atoms with Gasteiger partial charge in [-0.15, -0.1) is 5.10 Å². The Hall–Kier alpha value is -1.06. The predicted octanol–water partition coefficient (Wildman–Crippen LogP) is 2.51. The van der Waals surface area contributed by atoms with Gasteiger partial charge in [0, 0.05) is 13.0 Å². The molecule has 1 aromatic rings. The minimum Gasteiger partial charge on any atom is -0.408 e. The summed E-state index contributed by atoms with van der Waals surface area (Å²) in [7, 11) is 0. The van der Waals surface area contributed by atoms with Crippen LogP contribution in [-0.2, 0) is 0 Å². The van der Waals surface area contributed by atoms with Gasteiger partial charge in [0.2, 0.25) is 5.89 Å². The molecule has 1 aromatic heterocycles. The maximum absolute atomic E-state index is 5.33. The molecule has 2 saturated carbocycles. The minimum atomic E-state index is 0.570. The van der Waals surface area contributed by atoms with Gasteiger partial charge < -0.3 is 9.73 Å². The number of aryl methyl sites for hydroxylation is 1. The molecule has 82 valence electrons. The van der Waals surface area contributed by atoms with E-state index in [-0.39, 0.29) is 0 Å². The highest BCUT2D eigenvalue weighted by molar-refractivity contribution is 5.28. The van der Waals surface area contributed by atoms with E-state index in [0.29, 0.717) is 23.4 Å². The van der Waals surface area contributed by atoms with Crippen LogP contribution in [0.3, 0.4) is 0 Å². The van der Waals surface area contributed by atoms with Crippen LogP contribution in [-0.4, -0.2) is 16.2 Å². The number of rotatable bonds is 2. The van der Waals surface area contributed by atoms with E-state index in [2.05, 4.69) is 15.5 Å². The summed E-state index contributed by atoms with van der Waals surface area (Å²) in [6.07, 6.45) is 8.22. The number of nitrogens with zero attached hydrogens (tertiary/aromatic N) is 2. The summed E-state index contributed by atoms with van der Waals surface area (Å²) in [4.78, 5) is 0. The third kappa shape index (κ3) is 1.62. The van der Waals surface area contributed by atoms with E-state index < -0.39 is 0 Å². The van der Waals surface area contributed by atoms with Crippen LogP contribution in [0.2, 0.25) is 0 Å². The SMILES string of the molecule is Cc1nnc(NC2CC23CCCCC3)o1. The number of hydrogen-bond acceptors (Lipinski definition) is 4. The van der Waals surface area contributed by atoms with Crippen LogP contribution in [0.4, 0.5) is 6.01 Å². The van der Waals surface area contributed by atoms with Crippen LogP contribution in [0.15, 0.2) is 4.42 Å². The van der Waals surface area contributed by atoms with Crippen molar-refractivity contribution in [3.05, 3.63) is 5.89 Å². The molecule has 1 spiro atoms. The zero-order chi connectivity index (χ0) is 10.3. The van der Waals surface area contributed by atoms with Gasteiger partial charge in [-0.2, -0.15) is 0 Å². The molecular weight excluding hydrogens is 190 g/mol. The Morgan fingerprint density at radius 2 is 2.07 bits per heavy atom. The number of nitrogens with one attached hydrogen (secondary N) is 1. The molecule has 2 aliphatic rings. The van der Waals surface area contributed by atoms with Crippen molar-refractivity contribution >= 4 is 6.01 Å². The Kier molecular flexibility index (Phi) is 1.97. The van der Waals surface area contributed by atoms with Crippen molar-refractivity contribution < 1.29 is 4.42 Å². The lowest BCUT2D eigenvalue weighted by Crippen LogP contribution is -2.17. The zero-order valence-corrected chi connectivity index (χ0v) is 9.12. The predicted molar refractivity (Wildman–Crippen MR) is 56.6 cm³/mol. The van der Waals surface area contributed by atoms with Crippen molar-refractivity contribution in [3.63, 3.8) is 0 Å². The average Bonchev–Trinajstić information content (AvgIpc) is 2.70. The van der Waals surface area contributed by atoms with E-state index in [4.69, 9.17) is 4.42 Å². The van der Waals surface area contributed by atoms with Gasteiger partial charge in [0.15, 0.2) is 0 Å². The molecular formula is C11H17N3O. The van der Waals surface area contributed by atoms with Crippen molar-refractivity contribution in [1.29, 1.82) is 0 Å². The second-order valence-corrected chi connectivity index (χ2v) is 4.95. The first-order chi connectivity index (χ1) is 7.28. The topological polar surface area (TPSA) is 51.0 Å². The average molecular weight is 207 g/mol.